The Balaban J connectivity index is 1.68. The quantitative estimate of drug-likeness (QED) is 0.741. The van der Waals surface area contributed by atoms with Crippen molar-refractivity contribution in [1.82, 2.24) is 14.8 Å². The van der Waals surface area contributed by atoms with Gasteiger partial charge in [-0.25, -0.2) is 8.42 Å². The van der Waals surface area contributed by atoms with Crippen LogP contribution in [0.4, 0.5) is 5.69 Å². The van der Waals surface area contributed by atoms with Crippen LogP contribution in [0.3, 0.4) is 0 Å². The zero-order valence-corrected chi connectivity index (χ0v) is 15.3. The summed E-state index contributed by atoms with van der Waals surface area (Å²) in [4.78, 5) is 17.5. The number of anilines is 1. The Labute approximate surface area is 154 Å². The van der Waals surface area contributed by atoms with Crippen molar-refractivity contribution in [3.8, 4) is 10.6 Å². The lowest BCUT2D eigenvalue weighted by Crippen LogP contribution is -2.16. The van der Waals surface area contributed by atoms with Gasteiger partial charge in [0.2, 0.25) is 0 Å². The fourth-order valence-corrected chi connectivity index (χ4v) is 5.42. The Morgan fingerprint density at radius 3 is 2.85 bits per heavy atom. The maximum atomic E-state index is 12.6. The molecule has 0 aliphatic carbocycles. The SMILES string of the molecule is O=C(Nc1cccnc1)c1cc(-c2cccs2)n([C@@H]2CCS(=O)(=O)C2)n1. The first-order chi connectivity index (χ1) is 12.5. The summed E-state index contributed by atoms with van der Waals surface area (Å²) in [5, 5.41) is 9.13. The molecule has 1 amide bonds. The van der Waals surface area contributed by atoms with Crippen LogP contribution in [0, 0.1) is 0 Å². The Hall–Kier alpha value is -2.52. The number of aromatic nitrogens is 3. The van der Waals surface area contributed by atoms with Gasteiger partial charge in [-0.3, -0.25) is 14.5 Å². The molecule has 0 radical (unpaired) electrons. The molecule has 0 unspecified atom stereocenters. The molecule has 1 atom stereocenters. The second-order valence-electron chi connectivity index (χ2n) is 6.09. The van der Waals surface area contributed by atoms with E-state index in [0.29, 0.717) is 12.1 Å². The molecule has 0 saturated carbocycles. The molecule has 1 aliphatic heterocycles. The van der Waals surface area contributed by atoms with Crippen molar-refractivity contribution >= 4 is 32.8 Å². The van der Waals surface area contributed by atoms with Crippen LogP contribution in [0.25, 0.3) is 10.6 Å². The lowest BCUT2D eigenvalue weighted by Gasteiger charge is -2.12. The number of carbonyl (C=O) groups excluding carboxylic acids is 1. The highest BCUT2D eigenvalue weighted by Gasteiger charge is 2.32. The Morgan fingerprint density at radius 1 is 1.31 bits per heavy atom. The smallest absolute Gasteiger partial charge is 0.276 e. The Bertz CT molecular complexity index is 1030. The number of hydrogen-bond acceptors (Lipinski definition) is 6. The topological polar surface area (TPSA) is 94.0 Å². The van der Waals surface area contributed by atoms with Gasteiger partial charge >= 0.3 is 0 Å². The van der Waals surface area contributed by atoms with E-state index in [1.54, 1.807) is 35.3 Å². The average molecular weight is 388 g/mol. The third-order valence-corrected chi connectivity index (χ3v) is 6.86. The van der Waals surface area contributed by atoms with E-state index >= 15 is 0 Å². The van der Waals surface area contributed by atoms with Gasteiger partial charge in [0.15, 0.2) is 15.5 Å². The lowest BCUT2D eigenvalue weighted by molar-refractivity contribution is 0.102. The first-order valence-corrected chi connectivity index (χ1v) is 10.8. The van der Waals surface area contributed by atoms with Gasteiger partial charge in [-0.1, -0.05) is 6.07 Å². The van der Waals surface area contributed by atoms with Gasteiger partial charge in [0.1, 0.15) is 0 Å². The van der Waals surface area contributed by atoms with Crippen LogP contribution in [-0.2, 0) is 9.84 Å². The summed E-state index contributed by atoms with van der Waals surface area (Å²) in [5.41, 5.74) is 1.59. The Kier molecular flexibility index (Phi) is 4.33. The van der Waals surface area contributed by atoms with E-state index in [9.17, 15) is 13.2 Å². The lowest BCUT2D eigenvalue weighted by atomic mass is 10.2. The largest absolute Gasteiger partial charge is 0.319 e. The molecule has 0 bridgehead atoms. The van der Waals surface area contributed by atoms with Crippen LogP contribution >= 0.6 is 11.3 Å². The highest BCUT2D eigenvalue weighted by molar-refractivity contribution is 7.91. The molecule has 7 nitrogen and oxygen atoms in total. The summed E-state index contributed by atoms with van der Waals surface area (Å²) in [6, 6.07) is 8.78. The predicted molar refractivity (Wildman–Crippen MR) is 100 cm³/mol. The molecule has 1 aliphatic rings. The summed E-state index contributed by atoms with van der Waals surface area (Å²) in [6.07, 6.45) is 3.69. The molecule has 26 heavy (non-hydrogen) atoms. The second-order valence-corrected chi connectivity index (χ2v) is 9.27. The summed E-state index contributed by atoms with van der Waals surface area (Å²) in [6.45, 7) is 0. The average Bonchev–Trinajstić information content (AvgIpc) is 3.33. The van der Waals surface area contributed by atoms with Crippen LogP contribution in [-0.4, -0.2) is 40.6 Å². The fraction of sp³-hybridized carbons (Fsp3) is 0.235. The number of sulfone groups is 1. The molecule has 1 saturated heterocycles. The molecular weight excluding hydrogens is 372 g/mol. The predicted octanol–water partition coefficient (Wildman–Crippen LogP) is 2.62. The highest BCUT2D eigenvalue weighted by Crippen LogP contribution is 2.32. The summed E-state index contributed by atoms with van der Waals surface area (Å²) >= 11 is 1.53. The van der Waals surface area contributed by atoms with Crippen molar-refractivity contribution in [1.29, 1.82) is 0 Å². The van der Waals surface area contributed by atoms with E-state index in [2.05, 4.69) is 15.4 Å². The van der Waals surface area contributed by atoms with Gasteiger partial charge in [0.05, 0.1) is 40.0 Å². The number of hydrogen-bond donors (Lipinski definition) is 1. The third kappa shape index (κ3) is 3.40. The molecule has 3 aromatic heterocycles. The molecule has 4 rings (SSSR count). The fourth-order valence-electron chi connectivity index (χ4n) is 2.99. The minimum atomic E-state index is -3.05. The number of pyridine rings is 1. The molecule has 134 valence electrons. The van der Waals surface area contributed by atoms with Crippen molar-refractivity contribution < 1.29 is 13.2 Å². The number of rotatable bonds is 4. The van der Waals surface area contributed by atoms with Crippen LogP contribution < -0.4 is 5.32 Å². The van der Waals surface area contributed by atoms with Crippen molar-refractivity contribution in [2.24, 2.45) is 0 Å². The van der Waals surface area contributed by atoms with Crippen LogP contribution in [0.1, 0.15) is 23.0 Å². The van der Waals surface area contributed by atoms with Crippen LogP contribution in [0.15, 0.2) is 48.1 Å². The van der Waals surface area contributed by atoms with Gasteiger partial charge in [0, 0.05) is 6.20 Å². The van der Waals surface area contributed by atoms with Crippen molar-refractivity contribution in [2.75, 3.05) is 16.8 Å². The van der Waals surface area contributed by atoms with Crippen LogP contribution in [0.5, 0.6) is 0 Å². The van der Waals surface area contributed by atoms with Gasteiger partial charge in [-0.2, -0.15) is 5.10 Å². The first-order valence-electron chi connectivity index (χ1n) is 8.07. The number of amides is 1. The molecule has 0 spiro atoms. The van der Waals surface area contributed by atoms with Crippen molar-refractivity contribution in [2.45, 2.75) is 12.5 Å². The monoisotopic (exact) mass is 388 g/mol. The van der Waals surface area contributed by atoms with E-state index in [1.165, 1.54) is 11.3 Å². The molecule has 3 aromatic rings. The number of carbonyl (C=O) groups is 1. The molecule has 1 N–H and O–H groups in total. The molecule has 4 heterocycles. The number of nitrogens with zero attached hydrogens (tertiary/aromatic N) is 3. The number of nitrogens with one attached hydrogen (secondary N) is 1. The maximum absolute atomic E-state index is 12.6. The minimum Gasteiger partial charge on any atom is -0.319 e. The second kappa shape index (κ2) is 6.65. The van der Waals surface area contributed by atoms with E-state index in [4.69, 9.17) is 0 Å². The number of thiophene rings is 1. The Morgan fingerprint density at radius 2 is 2.19 bits per heavy atom. The van der Waals surface area contributed by atoms with Gasteiger partial charge < -0.3 is 5.32 Å². The highest BCUT2D eigenvalue weighted by atomic mass is 32.2. The van der Waals surface area contributed by atoms with Gasteiger partial charge in [0.25, 0.3) is 5.91 Å². The molecular formula is C17H16N4O3S2. The zero-order chi connectivity index (χ0) is 18.1. The summed E-state index contributed by atoms with van der Waals surface area (Å²) in [7, 11) is -3.05. The molecule has 1 fully saturated rings. The van der Waals surface area contributed by atoms with E-state index in [1.807, 2.05) is 17.5 Å². The molecule has 9 heteroatoms. The van der Waals surface area contributed by atoms with E-state index in [-0.39, 0.29) is 29.1 Å². The summed E-state index contributed by atoms with van der Waals surface area (Å²) in [5.74, 6) is -0.148. The standard InChI is InChI=1S/C17H16N4O3S2/c22-17(19-12-3-1-6-18-10-12)14-9-15(16-4-2-7-25-16)21(20-14)13-5-8-26(23,24)11-13/h1-4,6-7,9-10,13H,5,8,11H2,(H,19,22)/t13-/m1/s1. The maximum Gasteiger partial charge on any atom is 0.276 e. The zero-order valence-electron chi connectivity index (χ0n) is 13.7. The van der Waals surface area contributed by atoms with E-state index in [0.717, 1.165) is 10.6 Å². The van der Waals surface area contributed by atoms with Crippen molar-refractivity contribution in [3.63, 3.8) is 0 Å². The molecule has 0 aromatic carbocycles. The normalized spacial score (nSPS) is 18.7. The minimum absolute atomic E-state index is 0.0523. The van der Waals surface area contributed by atoms with E-state index < -0.39 is 9.84 Å². The van der Waals surface area contributed by atoms with Gasteiger partial charge in [-0.05, 0) is 36.1 Å². The third-order valence-electron chi connectivity index (χ3n) is 4.22. The van der Waals surface area contributed by atoms with Crippen LogP contribution in [0.2, 0.25) is 0 Å². The summed E-state index contributed by atoms with van der Waals surface area (Å²) < 4.78 is 25.4. The van der Waals surface area contributed by atoms with Crippen molar-refractivity contribution in [3.05, 3.63) is 53.8 Å². The first kappa shape index (κ1) is 16.9. The van der Waals surface area contributed by atoms with Gasteiger partial charge in [-0.15, -0.1) is 11.3 Å².